The molecule has 2 aromatic carbocycles. The number of allylic oxidation sites excluding steroid dienone is 1. The molecular weight excluding hydrogens is 574 g/mol. The zero-order valence-electron chi connectivity index (χ0n) is 25.6. The Hall–Kier alpha value is -3.87. The van der Waals surface area contributed by atoms with Crippen molar-refractivity contribution in [2.24, 2.45) is 0 Å². The van der Waals surface area contributed by atoms with Crippen molar-refractivity contribution < 1.29 is 9.53 Å². The predicted octanol–water partition coefficient (Wildman–Crippen LogP) is 4.70. The summed E-state index contributed by atoms with van der Waals surface area (Å²) in [7, 11) is 2.14. The number of anilines is 2. The van der Waals surface area contributed by atoms with Gasteiger partial charge in [0, 0.05) is 60.8 Å². The normalized spacial score (nSPS) is 20.7. The molecule has 0 bridgehead atoms. The van der Waals surface area contributed by atoms with Crippen LogP contribution in [0.25, 0.3) is 10.8 Å². The highest BCUT2D eigenvalue weighted by Gasteiger charge is 2.34. The van der Waals surface area contributed by atoms with E-state index in [2.05, 4.69) is 71.1 Å². The molecule has 0 N–H and O–H groups in total. The molecule has 3 aliphatic rings. The predicted molar refractivity (Wildman–Crippen MR) is 174 cm³/mol. The Balaban J connectivity index is 1.32. The second-order valence-electron chi connectivity index (χ2n) is 12.0. The van der Waals surface area contributed by atoms with Crippen LogP contribution in [0.15, 0.2) is 48.6 Å². The number of alkyl halides is 1. The van der Waals surface area contributed by atoms with Crippen LogP contribution in [0.4, 0.5) is 11.5 Å². The molecule has 6 rings (SSSR count). The number of ether oxygens (including phenoxy) is 1. The maximum atomic E-state index is 12.9. The van der Waals surface area contributed by atoms with Gasteiger partial charge in [0.2, 0.25) is 5.91 Å². The molecule has 0 aliphatic carbocycles. The third-order valence-corrected chi connectivity index (χ3v) is 9.45. The van der Waals surface area contributed by atoms with Crippen LogP contribution in [0.1, 0.15) is 36.1 Å². The number of hydrogen-bond acceptors (Lipinski definition) is 8. The largest absolute Gasteiger partial charge is 0.462 e. The summed E-state index contributed by atoms with van der Waals surface area (Å²) in [6.07, 6.45) is 6.47. The van der Waals surface area contributed by atoms with Gasteiger partial charge < -0.3 is 24.3 Å². The first-order valence-corrected chi connectivity index (χ1v) is 16.1. The number of fused-ring (bicyclic) bond motifs is 2. The van der Waals surface area contributed by atoms with Crippen molar-refractivity contribution >= 4 is 39.8 Å². The number of aryl methyl sites for hydroxylation is 1. The molecule has 9 nitrogen and oxygen atoms in total. The molecule has 0 unspecified atom stereocenters. The van der Waals surface area contributed by atoms with E-state index in [4.69, 9.17) is 26.3 Å². The highest BCUT2D eigenvalue weighted by atomic mass is 35.5. The molecule has 230 valence electrons. The van der Waals surface area contributed by atoms with E-state index in [1.54, 1.807) is 11.0 Å². The molecule has 0 saturated carbocycles. The minimum Gasteiger partial charge on any atom is -0.462 e. The first-order valence-electron chi connectivity index (χ1n) is 15.6. The summed E-state index contributed by atoms with van der Waals surface area (Å²) in [6.45, 7) is 6.93. The molecule has 3 aromatic rings. The van der Waals surface area contributed by atoms with Crippen molar-refractivity contribution in [3.8, 4) is 12.1 Å². The van der Waals surface area contributed by atoms with Crippen molar-refractivity contribution in [1.82, 2.24) is 19.8 Å². The summed E-state index contributed by atoms with van der Waals surface area (Å²) in [4.78, 5) is 31.7. The van der Waals surface area contributed by atoms with Crippen molar-refractivity contribution in [3.63, 3.8) is 0 Å². The number of rotatable bonds is 8. The Bertz CT molecular complexity index is 1580. The molecule has 0 spiro atoms. The number of likely N-dealkylation sites (tertiary alicyclic amines) is 1. The van der Waals surface area contributed by atoms with Crippen LogP contribution >= 0.6 is 11.6 Å². The maximum Gasteiger partial charge on any atom is 0.318 e. The van der Waals surface area contributed by atoms with E-state index >= 15 is 0 Å². The highest BCUT2D eigenvalue weighted by Crippen LogP contribution is 2.36. The number of carbonyl (C=O) groups excluding carboxylic acids is 1. The molecule has 3 aliphatic heterocycles. The lowest BCUT2D eigenvalue weighted by Gasteiger charge is -2.42. The van der Waals surface area contributed by atoms with Crippen molar-refractivity contribution in [3.05, 3.63) is 65.4 Å². The van der Waals surface area contributed by atoms with Crippen LogP contribution in [0.3, 0.4) is 0 Å². The molecule has 44 heavy (non-hydrogen) atoms. The third-order valence-electron chi connectivity index (χ3n) is 9.27. The van der Waals surface area contributed by atoms with E-state index in [0.29, 0.717) is 44.8 Å². The van der Waals surface area contributed by atoms with Crippen LogP contribution in [-0.4, -0.2) is 90.0 Å². The van der Waals surface area contributed by atoms with Gasteiger partial charge in [0.1, 0.15) is 12.4 Å². The third kappa shape index (κ3) is 6.19. The van der Waals surface area contributed by atoms with Crippen LogP contribution in [0.2, 0.25) is 0 Å². The second-order valence-corrected chi connectivity index (χ2v) is 12.3. The van der Waals surface area contributed by atoms with Crippen LogP contribution in [0, 0.1) is 18.3 Å². The smallest absolute Gasteiger partial charge is 0.318 e. The zero-order chi connectivity index (χ0) is 30.6. The fourth-order valence-corrected chi connectivity index (χ4v) is 7.00. The number of carbonyl (C=O) groups is 1. The van der Waals surface area contributed by atoms with Gasteiger partial charge in [0.05, 0.1) is 30.8 Å². The standard InChI is InChI=1S/C34H40ClN7O2/c1-24-7-3-8-25-9-4-11-30(32(24)25)40-18-14-28-29(22-40)37-34(44-23-27-10-6-17-39(27)2)38-33(28)41-19-20-42(26(21-41)13-16-36)31(43)12-5-15-35/h3-5,7-9,11-12,26-27H,6,10,13-15,17-23H2,1-2H3/b12-5+/t26-,27-/m0/s1. The van der Waals surface area contributed by atoms with Crippen molar-refractivity contribution in [2.45, 2.75) is 51.2 Å². The number of amides is 1. The number of likely N-dealkylation sites (N-methyl/N-ethyl adjacent to an activating group) is 1. The average molecular weight is 614 g/mol. The minimum atomic E-state index is -0.248. The van der Waals surface area contributed by atoms with Gasteiger partial charge >= 0.3 is 6.01 Å². The van der Waals surface area contributed by atoms with E-state index in [1.807, 2.05) is 0 Å². The van der Waals surface area contributed by atoms with Crippen LogP contribution in [-0.2, 0) is 17.8 Å². The second kappa shape index (κ2) is 13.4. The number of nitrogens with zero attached hydrogens (tertiary/aromatic N) is 7. The Morgan fingerprint density at radius 1 is 1.11 bits per heavy atom. The lowest BCUT2D eigenvalue weighted by Crippen LogP contribution is -2.55. The van der Waals surface area contributed by atoms with Gasteiger partial charge in [-0.25, -0.2) is 0 Å². The summed E-state index contributed by atoms with van der Waals surface area (Å²) in [5.41, 5.74) is 4.57. The summed E-state index contributed by atoms with van der Waals surface area (Å²) < 4.78 is 6.32. The lowest BCUT2D eigenvalue weighted by molar-refractivity contribution is -0.128. The summed E-state index contributed by atoms with van der Waals surface area (Å²) in [5.74, 6) is 1.03. The quantitative estimate of drug-likeness (QED) is 0.267. The van der Waals surface area contributed by atoms with E-state index in [0.717, 1.165) is 43.0 Å². The first-order chi connectivity index (χ1) is 21.5. The van der Waals surface area contributed by atoms with Crippen molar-refractivity contribution in [1.29, 1.82) is 5.26 Å². The van der Waals surface area contributed by atoms with E-state index in [-0.39, 0.29) is 24.2 Å². The number of piperazine rings is 1. The van der Waals surface area contributed by atoms with Crippen molar-refractivity contribution in [2.75, 3.05) is 62.1 Å². The molecule has 2 atom stereocenters. The fourth-order valence-electron chi connectivity index (χ4n) is 6.91. The molecule has 2 fully saturated rings. The van der Waals surface area contributed by atoms with E-state index in [9.17, 15) is 10.1 Å². The first kappa shape index (κ1) is 30.2. The Morgan fingerprint density at radius 3 is 2.73 bits per heavy atom. The van der Waals surface area contributed by atoms with Gasteiger partial charge in [0.25, 0.3) is 0 Å². The summed E-state index contributed by atoms with van der Waals surface area (Å²) in [6, 6.07) is 15.7. The maximum absolute atomic E-state index is 12.9. The van der Waals surface area contributed by atoms with Crippen LogP contribution in [0.5, 0.6) is 6.01 Å². The Kier molecular flexibility index (Phi) is 9.20. The number of aromatic nitrogens is 2. The van der Waals surface area contributed by atoms with Crippen LogP contribution < -0.4 is 14.5 Å². The average Bonchev–Trinajstić information content (AvgIpc) is 3.46. The summed E-state index contributed by atoms with van der Waals surface area (Å²) in [5, 5.41) is 12.1. The molecular formula is C34H40ClN7O2. The molecule has 1 aromatic heterocycles. The number of benzene rings is 2. The monoisotopic (exact) mass is 613 g/mol. The molecule has 4 heterocycles. The molecule has 2 saturated heterocycles. The van der Waals surface area contributed by atoms with E-state index in [1.165, 1.54) is 34.5 Å². The van der Waals surface area contributed by atoms with Gasteiger partial charge in [-0.05, 0) is 56.8 Å². The molecule has 10 heteroatoms. The molecule has 1 amide bonds. The van der Waals surface area contributed by atoms with Gasteiger partial charge in [-0.3, -0.25) is 4.79 Å². The zero-order valence-corrected chi connectivity index (χ0v) is 26.3. The number of halogens is 1. The lowest BCUT2D eigenvalue weighted by atomic mass is 9.99. The van der Waals surface area contributed by atoms with Gasteiger partial charge in [-0.1, -0.05) is 36.4 Å². The topological polar surface area (TPSA) is 88.8 Å². The van der Waals surface area contributed by atoms with Gasteiger partial charge in [-0.15, -0.1) is 11.6 Å². The molecule has 0 radical (unpaired) electrons. The highest BCUT2D eigenvalue weighted by molar-refractivity contribution is 6.19. The Morgan fingerprint density at radius 2 is 1.95 bits per heavy atom. The number of nitriles is 1. The SMILES string of the molecule is Cc1cccc2cccc(N3CCc4c(nc(OC[C@@H]5CCCN5C)nc4N4CCN(C(=O)/C=C/CCl)[C@@H](CC#N)C4)C3)c12. The fraction of sp³-hybridized carbons (Fsp3) is 0.471. The minimum absolute atomic E-state index is 0.110. The summed E-state index contributed by atoms with van der Waals surface area (Å²) >= 11 is 5.78. The van der Waals surface area contributed by atoms with Gasteiger partial charge in [-0.2, -0.15) is 15.2 Å². The number of hydrogen-bond donors (Lipinski definition) is 0. The Labute approximate surface area is 264 Å². The van der Waals surface area contributed by atoms with E-state index < -0.39 is 0 Å². The van der Waals surface area contributed by atoms with Gasteiger partial charge in [0.15, 0.2) is 0 Å².